The molecule has 0 rings (SSSR count). The fraction of sp³-hybridized carbons (Fsp3) is 0.636. The molecule has 0 aromatic heterocycles. The van der Waals surface area contributed by atoms with E-state index in [-0.39, 0.29) is 18.5 Å². The van der Waals surface area contributed by atoms with E-state index in [9.17, 15) is 9.59 Å². The molecule has 0 saturated heterocycles. The molecule has 0 spiro atoms. The van der Waals surface area contributed by atoms with Crippen LogP contribution in [0.3, 0.4) is 0 Å². The quantitative estimate of drug-likeness (QED) is 0.0748. The van der Waals surface area contributed by atoms with Crippen LogP contribution in [0.25, 0.3) is 0 Å². The molecule has 4 nitrogen and oxygen atoms in total. The van der Waals surface area contributed by atoms with Gasteiger partial charge in [0.05, 0.1) is 0 Å². The van der Waals surface area contributed by atoms with E-state index < -0.39 is 5.97 Å². The number of ether oxygens (including phenoxy) is 1. The Labute approximate surface area is 227 Å². The van der Waals surface area contributed by atoms with Crippen molar-refractivity contribution in [2.75, 3.05) is 0 Å². The number of hydrogen-bond acceptors (Lipinski definition) is 3. The Morgan fingerprint density at radius 1 is 0.622 bits per heavy atom. The average molecular weight is 515 g/mol. The molecule has 1 unspecified atom stereocenters. The first-order valence-electron chi connectivity index (χ1n) is 14.8. The molecule has 1 N–H and O–H groups in total. The Bertz CT molecular complexity index is 684. The molecule has 0 aliphatic rings. The van der Waals surface area contributed by atoms with Crippen LogP contribution in [0.4, 0.5) is 0 Å². The van der Waals surface area contributed by atoms with Gasteiger partial charge in [-0.05, 0) is 77.0 Å². The second-order valence-electron chi connectivity index (χ2n) is 9.55. The van der Waals surface area contributed by atoms with E-state index in [1.54, 1.807) is 0 Å². The van der Waals surface area contributed by atoms with Gasteiger partial charge in [-0.15, -0.1) is 0 Å². The molecule has 0 heterocycles. The molecule has 1 atom stereocenters. The lowest BCUT2D eigenvalue weighted by Gasteiger charge is -2.18. The van der Waals surface area contributed by atoms with Crippen LogP contribution in [-0.2, 0) is 14.3 Å². The number of carbonyl (C=O) groups is 2. The van der Waals surface area contributed by atoms with Crippen molar-refractivity contribution >= 4 is 11.9 Å². The first-order chi connectivity index (χ1) is 18.1. The largest absolute Gasteiger partial charge is 0.481 e. The van der Waals surface area contributed by atoms with E-state index in [0.29, 0.717) is 12.8 Å². The number of unbranched alkanes of at least 4 members (excludes halogenated alkanes) is 6. The molecule has 4 heteroatoms. The van der Waals surface area contributed by atoms with E-state index in [1.165, 1.54) is 19.3 Å². The van der Waals surface area contributed by atoms with E-state index in [0.717, 1.165) is 77.0 Å². The molecule has 0 aromatic carbocycles. The first kappa shape index (κ1) is 34.6. The Kier molecular flexibility index (Phi) is 26.4. The maximum Gasteiger partial charge on any atom is 0.306 e. The van der Waals surface area contributed by atoms with Gasteiger partial charge in [0.2, 0.25) is 0 Å². The third kappa shape index (κ3) is 28.1. The number of rotatable bonds is 25. The summed E-state index contributed by atoms with van der Waals surface area (Å²) in [5.74, 6) is -0.839. The standard InChI is InChI=1S/C33H54O4/c1-3-5-7-9-10-11-12-13-14-15-16-17-18-19-20-21-26-30-33(36)37-31(27-23-8-6-4-2)28-24-22-25-29-32(34)35/h5,7,10-11,13-14,16-17,19-20,31H,3-4,6,8-9,12,15,18,21-30H2,1-2H3,(H,34,35)/b7-5-,11-10-,14-13-,17-16-,20-19-. The predicted molar refractivity (Wildman–Crippen MR) is 158 cm³/mol. The highest BCUT2D eigenvalue weighted by atomic mass is 16.5. The number of aliphatic carboxylic acids is 1. The van der Waals surface area contributed by atoms with Crippen LogP contribution in [0, 0.1) is 0 Å². The minimum absolute atomic E-state index is 0.0251. The molecule has 0 aromatic rings. The van der Waals surface area contributed by atoms with Crippen LogP contribution in [0.15, 0.2) is 60.8 Å². The number of allylic oxidation sites excluding steroid dienone is 10. The molecule has 37 heavy (non-hydrogen) atoms. The summed E-state index contributed by atoms with van der Waals surface area (Å²) in [4.78, 5) is 23.0. The van der Waals surface area contributed by atoms with E-state index in [4.69, 9.17) is 9.84 Å². The van der Waals surface area contributed by atoms with Gasteiger partial charge in [0, 0.05) is 12.8 Å². The zero-order valence-electron chi connectivity index (χ0n) is 23.8. The summed E-state index contributed by atoms with van der Waals surface area (Å²) in [5, 5.41) is 8.77. The van der Waals surface area contributed by atoms with Crippen molar-refractivity contribution in [2.45, 2.75) is 136 Å². The summed E-state index contributed by atoms with van der Waals surface area (Å²) in [6.45, 7) is 4.34. The Hall–Kier alpha value is -2.36. The highest BCUT2D eigenvalue weighted by Gasteiger charge is 2.14. The molecule has 0 amide bonds. The SMILES string of the molecule is CC/C=C\C/C=C\C/C=C\C/C=C\C/C=C\CCCC(=O)OC(CCCCCC)CCCCCC(=O)O. The highest BCUT2D eigenvalue weighted by molar-refractivity contribution is 5.69. The van der Waals surface area contributed by atoms with Gasteiger partial charge in [-0.3, -0.25) is 9.59 Å². The normalized spacial score (nSPS) is 13.1. The second kappa shape index (κ2) is 28.2. The Morgan fingerprint density at radius 2 is 1.14 bits per heavy atom. The Morgan fingerprint density at radius 3 is 1.65 bits per heavy atom. The van der Waals surface area contributed by atoms with Gasteiger partial charge >= 0.3 is 11.9 Å². The monoisotopic (exact) mass is 514 g/mol. The van der Waals surface area contributed by atoms with Gasteiger partial charge in [-0.2, -0.15) is 0 Å². The molecule has 0 saturated carbocycles. The molecule has 0 fully saturated rings. The lowest BCUT2D eigenvalue weighted by Crippen LogP contribution is -2.18. The van der Waals surface area contributed by atoms with Crippen molar-refractivity contribution in [3.05, 3.63) is 60.8 Å². The van der Waals surface area contributed by atoms with Crippen LogP contribution in [-0.4, -0.2) is 23.1 Å². The number of esters is 1. The minimum Gasteiger partial charge on any atom is -0.481 e. The molecule has 0 radical (unpaired) electrons. The fourth-order valence-electron chi connectivity index (χ4n) is 3.86. The number of hydrogen-bond donors (Lipinski definition) is 1. The van der Waals surface area contributed by atoms with Crippen molar-refractivity contribution in [1.82, 2.24) is 0 Å². The summed E-state index contributed by atoms with van der Waals surface area (Å²) >= 11 is 0. The van der Waals surface area contributed by atoms with Gasteiger partial charge in [0.1, 0.15) is 6.10 Å². The molecular formula is C33H54O4. The van der Waals surface area contributed by atoms with Gasteiger partial charge in [-0.25, -0.2) is 0 Å². The van der Waals surface area contributed by atoms with E-state index >= 15 is 0 Å². The second-order valence-corrected chi connectivity index (χ2v) is 9.55. The van der Waals surface area contributed by atoms with Crippen molar-refractivity contribution in [2.24, 2.45) is 0 Å². The molecular weight excluding hydrogens is 460 g/mol. The Balaban J connectivity index is 3.98. The van der Waals surface area contributed by atoms with Crippen molar-refractivity contribution < 1.29 is 19.4 Å². The maximum atomic E-state index is 12.3. The van der Waals surface area contributed by atoms with E-state index in [1.807, 2.05) is 0 Å². The minimum atomic E-state index is -0.741. The summed E-state index contributed by atoms with van der Waals surface area (Å²) < 4.78 is 5.78. The first-order valence-corrected chi connectivity index (χ1v) is 14.8. The number of carbonyl (C=O) groups excluding carboxylic acids is 1. The summed E-state index contributed by atoms with van der Waals surface area (Å²) in [6, 6.07) is 0. The van der Waals surface area contributed by atoms with Crippen molar-refractivity contribution in [1.29, 1.82) is 0 Å². The maximum absolute atomic E-state index is 12.3. The summed E-state index contributed by atoms with van der Waals surface area (Å²) in [6.07, 6.45) is 38.1. The number of carboxylic acid groups (broad SMARTS) is 1. The summed E-state index contributed by atoms with van der Waals surface area (Å²) in [5.41, 5.74) is 0. The molecule has 0 aliphatic heterocycles. The van der Waals surface area contributed by atoms with Crippen LogP contribution in [0.5, 0.6) is 0 Å². The lowest BCUT2D eigenvalue weighted by molar-refractivity contribution is -0.150. The van der Waals surface area contributed by atoms with Gasteiger partial charge < -0.3 is 9.84 Å². The van der Waals surface area contributed by atoms with Crippen molar-refractivity contribution in [3.63, 3.8) is 0 Å². The highest BCUT2D eigenvalue weighted by Crippen LogP contribution is 2.17. The van der Waals surface area contributed by atoms with Gasteiger partial charge in [0.15, 0.2) is 0 Å². The van der Waals surface area contributed by atoms with Crippen LogP contribution in [0.2, 0.25) is 0 Å². The van der Waals surface area contributed by atoms with Gasteiger partial charge in [-0.1, -0.05) is 100 Å². The third-order valence-electron chi connectivity index (χ3n) is 6.00. The zero-order chi connectivity index (χ0) is 27.2. The average Bonchev–Trinajstić information content (AvgIpc) is 2.87. The van der Waals surface area contributed by atoms with Crippen molar-refractivity contribution in [3.8, 4) is 0 Å². The molecule has 0 bridgehead atoms. The van der Waals surface area contributed by atoms with Gasteiger partial charge in [0.25, 0.3) is 0 Å². The van der Waals surface area contributed by atoms with Crippen LogP contribution in [0.1, 0.15) is 129 Å². The molecule has 0 aliphatic carbocycles. The summed E-state index contributed by atoms with van der Waals surface area (Å²) in [7, 11) is 0. The lowest BCUT2D eigenvalue weighted by atomic mass is 10.0. The predicted octanol–water partition coefficient (Wildman–Crippen LogP) is 9.83. The van der Waals surface area contributed by atoms with Crippen LogP contribution >= 0.6 is 0 Å². The third-order valence-corrected chi connectivity index (χ3v) is 6.00. The topological polar surface area (TPSA) is 63.6 Å². The number of carboxylic acids is 1. The van der Waals surface area contributed by atoms with Crippen LogP contribution < -0.4 is 0 Å². The smallest absolute Gasteiger partial charge is 0.306 e. The molecule has 210 valence electrons. The van der Waals surface area contributed by atoms with E-state index in [2.05, 4.69) is 74.6 Å². The zero-order valence-corrected chi connectivity index (χ0v) is 23.8. The fourth-order valence-corrected chi connectivity index (χ4v) is 3.86.